The highest BCUT2D eigenvalue weighted by atomic mass is 32.2. The maximum absolute atomic E-state index is 12.6. The maximum Gasteiger partial charge on any atom is 0.139 e. The standard InChI is InChI=1S/C23H37NOS/c1-15-13-16-14-17(26-12-4-11-24)7-9-22(16,2)19-8-10-23(3)18(21(15)19)5-6-20(23)25/h16-19,21H,1,4-14,24H2,2-3H3/t16?,17-,18+,19+,21+,22+,23+/m1/s1. The van der Waals surface area contributed by atoms with E-state index in [1.54, 1.807) is 0 Å². The monoisotopic (exact) mass is 375 g/mol. The summed E-state index contributed by atoms with van der Waals surface area (Å²) >= 11 is 2.17. The van der Waals surface area contributed by atoms with Gasteiger partial charge in [-0.15, -0.1) is 0 Å². The Labute approximate surface area is 164 Å². The number of Topliss-reactive ketones (excluding diaryl/α,β-unsaturated/α-hetero) is 1. The molecule has 0 spiro atoms. The number of thioether (sulfide) groups is 1. The molecule has 4 aliphatic carbocycles. The zero-order valence-electron chi connectivity index (χ0n) is 16.8. The van der Waals surface area contributed by atoms with Crippen LogP contribution in [0.4, 0.5) is 0 Å². The lowest BCUT2D eigenvalue weighted by Gasteiger charge is -2.61. The summed E-state index contributed by atoms with van der Waals surface area (Å²) < 4.78 is 0. The molecule has 4 fully saturated rings. The number of nitrogens with two attached hydrogens (primary N) is 1. The molecule has 146 valence electrons. The number of hydrogen-bond donors (Lipinski definition) is 1. The average Bonchev–Trinajstić information content (AvgIpc) is 2.92. The van der Waals surface area contributed by atoms with Crippen molar-refractivity contribution in [3.63, 3.8) is 0 Å². The Hall–Kier alpha value is -0.280. The fourth-order valence-corrected chi connectivity index (χ4v) is 8.66. The molecule has 0 amide bonds. The van der Waals surface area contributed by atoms with Crippen LogP contribution in [-0.2, 0) is 4.79 Å². The lowest BCUT2D eigenvalue weighted by molar-refractivity contribution is -0.134. The molecule has 0 saturated heterocycles. The van der Waals surface area contributed by atoms with Crippen LogP contribution in [0.15, 0.2) is 12.2 Å². The number of ketones is 1. The van der Waals surface area contributed by atoms with E-state index < -0.39 is 0 Å². The van der Waals surface area contributed by atoms with Crippen LogP contribution in [0.3, 0.4) is 0 Å². The molecule has 3 heteroatoms. The molecule has 0 heterocycles. The maximum atomic E-state index is 12.6. The van der Waals surface area contributed by atoms with Crippen molar-refractivity contribution < 1.29 is 4.79 Å². The number of fused-ring (bicyclic) bond motifs is 5. The third kappa shape index (κ3) is 2.83. The molecule has 0 aromatic carbocycles. The van der Waals surface area contributed by atoms with Crippen molar-refractivity contribution in [2.24, 2.45) is 40.2 Å². The van der Waals surface area contributed by atoms with Gasteiger partial charge in [-0.1, -0.05) is 26.0 Å². The van der Waals surface area contributed by atoms with Gasteiger partial charge in [0, 0.05) is 17.1 Å². The van der Waals surface area contributed by atoms with E-state index in [2.05, 4.69) is 32.2 Å². The molecule has 2 N–H and O–H groups in total. The van der Waals surface area contributed by atoms with Gasteiger partial charge in [0.25, 0.3) is 0 Å². The van der Waals surface area contributed by atoms with E-state index in [4.69, 9.17) is 5.73 Å². The third-order valence-electron chi connectivity index (χ3n) is 8.99. The van der Waals surface area contributed by atoms with Crippen LogP contribution in [0.1, 0.15) is 71.6 Å². The van der Waals surface area contributed by atoms with Crippen molar-refractivity contribution in [3.05, 3.63) is 12.2 Å². The van der Waals surface area contributed by atoms with Crippen LogP contribution in [0, 0.1) is 34.5 Å². The van der Waals surface area contributed by atoms with Crippen molar-refractivity contribution in [2.45, 2.75) is 76.9 Å². The number of allylic oxidation sites excluding steroid dienone is 1. The summed E-state index contributed by atoms with van der Waals surface area (Å²) in [5.74, 6) is 4.54. The van der Waals surface area contributed by atoms with Gasteiger partial charge < -0.3 is 5.73 Å². The Kier molecular flexibility index (Phi) is 5.10. The van der Waals surface area contributed by atoms with Crippen LogP contribution < -0.4 is 5.73 Å². The molecule has 0 bridgehead atoms. The van der Waals surface area contributed by atoms with Crippen LogP contribution in [0.2, 0.25) is 0 Å². The predicted molar refractivity (Wildman–Crippen MR) is 111 cm³/mol. The minimum absolute atomic E-state index is 0.0391. The SMILES string of the molecule is C=C1CC2C[C@H](SCCCN)CC[C@]2(C)[C@H]2CC[C@]3(C)C(=O)CC[C@H]3[C@H]12. The van der Waals surface area contributed by atoms with Crippen molar-refractivity contribution in [1.29, 1.82) is 0 Å². The minimum Gasteiger partial charge on any atom is -0.330 e. The first-order valence-electron chi connectivity index (χ1n) is 10.9. The highest BCUT2D eigenvalue weighted by Crippen LogP contribution is 2.66. The fourth-order valence-electron chi connectivity index (χ4n) is 7.34. The molecule has 1 unspecified atom stereocenters. The summed E-state index contributed by atoms with van der Waals surface area (Å²) in [5, 5.41) is 0.825. The second-order valence-electron chi connectivity index (χ2n) is 10.1. The quantitative estimate of drug-likeness (QED) is 0.541. The number of carbonyl (C=O) groups is 1. The second-order valence-corrected chi connectivity index (χ2v) is 11.5. The molecule has 4 rings (SSSR count). The van der Waals surface area contributed by atoms with Gasteiger partial charge in [0.1, 0.15) is 5.78 Å². The zero-order chi connectivity index (χ0) is 18.5. The molecule has 0 aliphatic heterocycles. The Morgan fingerprint density at radius 1 is 1.19 bits per heavy atom. The molecule has 0 radical (unpaired) electrons. The second kappa shape index (κ2) is 6.95. The van der Waals surface area contributed by atoms with Crippen LogP contribution in [-0.4, -0.2) is 23.3 Å². The topological polar surface area (TPSA) is 43.1 Å². The van der Waals surface area contributed by atoms with E-state index in [0.29, 0.717) is 23.0 Å². The van der Waals surface area contributed by atoms with E-state index in [1.807, 2.05) is 0 Å². The van der Waals surface area contributed by atoms with E-state index in [9.17, 15) is 4.79 Å². The predicted octanol–water partition coefficient (Wildman–Crippen LogP) is 5.21. The highest BCUT2D eigenvalue weighted by Gasteiger charge is 2.61. The first-order chi connectivity index (χ1) is 12.4. The van der Waals surface area contributed by atoms with E-state index in [1.165, 1.54) is 43.4 Å². The Balaban J connectivity index is 1.52. The van der Waals surface area contributed by atoms with Gasteiger partial charge in [-0.05, 0) is 92.8 Å². The smallest absolute Gasteiger partial charge is 0.139 e. The van der Waals surface area contributed by atoms with E-state index >= 15 is 0 Å². The third-order valence-corrected chi connectivity index (χ3v) is 10.4. The number of carbonyl (C=O) groups excluding carboxylic acids is 1. The van der Waals surface area contributed by atoms with Crippen molar-refractivity contribution in [3.8, 4) is 0 Å². The van der Waals surface area contributed by atoms with Gasteiger partial charge in [-0.25, -0.2) is 0 Å². The fraction of sp³-hybridized carbons (Fsp3) is 0.870. The van der Waals surface area contributed by atoms with Crippen LogP contribution >= 0.6 is 11.8 Å². The van der Waals surface area contributed by atoms with Gasteiger partial charge in [0.05, 0.1) is 0 Å². The molecular weight excluding hydrogens is 338 g/mol. The van der Waals surface area contributed by atoms with Crippen molar-refractivity contribution >= 4 is 17.5 Å². The molecule has 0 aromatic rings. The number of hydrogen-bond acceptors (Lipinski definition) is 3. The lowest BCUT2D eigenvalue weighted by Crippen LogP contribution is -2.54. The van der Waals surface area contributed by atoms with Crippen molar-refractivity contribution in [2.75, 3.05) is 12.3 Å². The average molecular weight is 376 g/mol. The van der Waals surface area contributed by atoms with Crippen molar-refractivity contribution in [1.82, 2.24) is 0 Å². The van der Waals surface area contributed by atoms with Gasteiger partial charge in [-0.2, -0.15) is 11.8 Å². The summed E-state index contributed by atoms with van der Waals surface area (Å²) in [6, 6.07) is 0. The molecular formula is C23H37NOS. The minimum atomic E-state index is -0.0391. The van der Waals surface area contributed by atoms with Gasteiger partial charge >= 0.3 is 0 Å². The Morgan fingerprint density at radius 3 is 2.77 bits per heavy atom. The first-order valence-corrected chi connectivity index (χ1v) is 12.0. The van der Waals surface area contributed by atoms with E-state index in [-0.39, 0.29) is 5.41 Å². The molecule has 2 nitrogen and oxygen atoms in total. The lowest BCUT2D eigenvalue weighted by atomic mass is 9.44. The summed E-state index contributed by atoms with van der Waals surface area (Å²) in [6.07, 6.45) is 10.8. The summed E-state index contributed by atoms with van der Waals surface area (Å²) in [4.78, 5) is 12.6. The highest BCUT2D eigenvalue weighted by molar-refractivity contribution is 7.99. The van der Waals surface area contributed by atoms with Crippen LogP contribution in [0.25, 0.3) is 0 Å². The van der Waals surface area contributed by atoms with Gasteiger partial charge in [0.2, 0.25) is 0 Å². The molecule has 0 aromatic heterocycles. The molecule has 4 saturated carbocycles. The Morgan fingerprint density at radius 2 is 2.00 bits per heavy atom. The largest absolute Gasteiger partial charge is 0.330 e. The van der Waals surface area contributed by atoms with Gasteiger partial charge in [-0.3, -0.25) is 4.79 Å². The number of rotatable bonds is 4. The van der Waals surface area contributed by atoms with E-state index in [0.717, 1.165) is 49.3 Å². The molecule has 4 aliphatic rings. The molecule has 7 atom stereocenters. The summed E-state index contributed by atoms with van der Waals surface area (Å²) in [5.41, 5.74) is 7.61. The summed E-state index contributed by atoms with van der Waals surface area (Å²) in [6.45, 7) is 10.3. The normalized spacial score (nSPS) is 48.0. The Bertz CT molecular complexity index is 589. The zero-order valence-corrected chi connectivity index (χ0v) is 17.6. The summed E-state index contributed by atoms with van der Waals surface area (Å²) in [7, 11) is 0. The van der Waals surface area contributed by atoms with Crippen LogP contribution in [0.5, 0.6) is 0 Å². The molecule has 26 heavy (non-hydrogen) atoms. The van der Waals surface area contributed by atoms with Gasteiger partial charge in [0.15, 0.2) is 0 Å². The first kappa shape index (κ1) is 19.1.